The van der Waals surface area contributed by atoms with E-state index in [1.165, 1.54) is 6.42 Å². The molecule has 1 aromatic carbocycles. The smallest absolute Gasteiger partial charge is 0.312 e. The van der Waals surface area contributed by atoms with Crippen LogP contribution in [0.1, 0.15) is 44.3 Å². The number of hydrogen-bond acceptors (Lipinski definition) is 4. The summed E-state index contributed by atoms with van der Waals surface area (Å²) in [6.45, 7) is 1.42. The van der Waals surface area contributed by atoms with Crippen LogP contribution in [-0.4, -0.2) is 33.2 Å². The van der Waals surface area contributed by atoms with Crippen LogP contribution in [0.5, 0.6) is 0 Å². The first-order valence-electron chi connectivity index (χ1n) is 9.49. The second kappa shape index (κ2) is 9.16. The molecule has 0 bridgehead atoms. The second-order valence-corrected chi connectivity index (χ2v) is 6.78. The van der Waals surface area contributed by atoms with Crippen LogP contribution in [0.2, 0.25) is 0 Å². The number of nitrogens with zero attached hydrogens (tertiary/aromatic N) is 3. The lowest BCUT2D eigenvalue weighted by atomic mass is 10.1. The van der Waals surface area contributed by atoms with Gasteiger partial charge in [0.2, 0.25) is 5.91 Å². The number of aryl methyl sites for hydroxylation is 1. The van der Waals surface area contributed by atoms with Crippen LogP contribution < -0.4 is 16.4 Å². The zero-order chi connectivity index (χ0) is 19.1. The molecule has 0 aliphatic carbocycles. The minimum Gasteiger partial charge on any atom is -0.352 e. The number of anilines is 1. The molecule has 1 aliphatic heterocycles. The van der Waals surface area contributed by atoms with Crippen molar-refractivity contribution in [3.05, 3.63) is 30.1 Å². The number of amides is 3. The Hall–Kier alpha value is -2.90. The number of fused-ring (bicyclic) bond motifs is 1. The molecule has 0 spiro atoms. The van der Waals surface area contributed by atoms with Crippen LogP contribution in [0.3, 0.4) is 0 Å². The average Bonchev–Trinajstić information content (AvgIpc) is 2.90. The van der Waals surface area contributed by atoms with Crippen molar-refractivity contribution in [2.75, 3.05) is 11.9 Å². The van der Waals surface area contributed by atoms with Gasteiger partial charge in [-0.15, -0.1) is 10.2 Å². The predicted octanol–water partition coefficient (Wildman–Crippen LogP) is 2.45. The number of rotatable bonds is 7. The fraction of sp³-hybridized carbons (Fsp3) is 0.474. The van der Waals surface area contributed by atoms with Crippen molar-refractivity contribution < 1.29 is 9.59 Å². The molecule has 3 rings (SSSR count). The largest absolute Gasteiger partial charge is 0.352 e. The van der Waals surface area contributed by atoms with Gasteiger partial charge in [-0.3, -0.25) is 4.79 Å². The summed E-state index contributed by atoms with van der Waals surface area (Å²) in [4.78, 5) is 22.7. The lowest BCUT2D eigenvalue weighted by Crippen LogP contribution is -2.30. The third kappa shape index (κ3) is 5.29. The minimum absolute atomic E-state index is 0.0497. The van der Waals surface area contributed by atoms with E-state index in [0.717, 1.165) is 48.7 Å². The molecule has 8 nitrogen and oxygen atoms in total. The molecule has 4 N–H and O–H groups in total. The maximum Gasteiger partial charge on any atom is 0.312 e. The van der Waals surface area contributed by atoms with Gasteiger partial charge in [-0.05, 0) is 37.8 Å². The second-order valence-electron chi connectivity index (χ2n) is 6.78. The standard InChI is InChI=1S/C19H26N6O2/c20-19(27)21-11-4-3-10-17(26)22-15-8-6-7-14(13-15)18-24-23-16-9-2-1-5-12-25(16)18/h6-8,13H,1-5,9-12H2,(H,22,26)(H3,20,21,27). The lowest BCUT2D eigenvalue weighted by molar-refractivity contribution is -0.116. The molecule has 8 heteroatoms. The third-order valence-corrected chi connectivity index (χ3v) is 4.64. The molecule has 0 saturated carbocycles. The molecular formula is C19H26N6O2. The third-order valence-electron chi connectivity index (χ3n) is 4.64. The Morgan fingerprint density at radius 2 is 2.04 bits per heavy atom. The maximum absolute atomic E-state index is 12.1. The highest BCUT2D eigenvalue weighted by molar-refractivity contribution is 5.91. The SMILES string of the molecule is NC(=O)NCCCCC(=O)Nc1cccc(-c2nnc3n2CCCCC3)c1. The Bertz CT molecular complexity index is 801. The summed E-state index contributed by atoms with van der Waals surface area (Å²) in [6.07, 6.45) is 6.26. The first-order chi connectivity index (χ1) is 13.1. The first-order valence-corrected chi connectivity index (χ1v) is 9.49. The number of nitrogens with one attached hydrogen (secondary N) is 2. The monoisotopic (exact) mass is 370 g/mol. The highest BCUT2D eigenvalue weighted by atomic mass is 16.2. The van der Waals surface area contributed by atoms with Crippen molar-refractivity contribution in [2.45, 2.75) is 51.5 Å². The van der Waals surface area contributed by atoms with Gasteiger partial charge >= 0.3 is 6.03 Å². The summed E-state index contributed by atoms with van der Waals surface area (Å²) < 4.78 is 2.19. The average molecular weight is 370 g/mol. The molecule has 1 aliphatic rings. The fourth-order valence-electron chi connectivity index (χ4n) is 3.28. The van der Waals surface area contributed by atoms with Gasteiger partial charge in [0.25, 0.3) is 0 Å². The van der Waals surface area contributed by atoms with Gasteiger partial charge in [0.05, 0.1) is 0 Å². The van der Waals surface area contributed by atoms with Gasteiger partial charge in [0, 0.05) is 37.2 Å². The summed E-state index contributed by atoms with van der Waals surface area (Å²) in [6, 6.07) is 7.18. The van der Waals surface area contributed by atoms with E-state index in [1.54, 1.807) is 0 Å². The van der Waals surface area contributed by atoms with Crippen molar-refractivity contribution in [1.82, 2.24) is 20.1 Å². The highest BCUT2D eigenvalue weighted by Crippen LogP contribution is 2.25. The topological polar surface area (TPSA) is 115 Å². The zero-order valence-electron chi connectivity index (χ0n) is 15.4. The first kappa shape index (κ1) is 18.9. The Balaban J connectivity index is 1.59. The predicted molar refractivity (Wildman–Crippen MR) is 103 cm³/mol. The maximum atomic E-state index is 12.1. The number of nitrogens with two attached hydrogens (primary N) is 1. The molecular weight excluding hydrogens is 344 g/mol. The number of carbonyl (C=O) groups excluding carboxylic acids is 2. The molecule has 0 radical (unpaired) electrons. The number of benzene rings is 1. The summed E-state index contributed by atoms with van der Waals surface area (Å²) in [5.74, 6) is 1.85. The highest BCUT2D eigenvalue weighted by Gasteiger charge is 2.16. The minimum atomic E-state index is -0.539. The van der Waals surface area contributed by atoms with Crippen LogP contribution in [0.25, 0.3) is 11.4 Å². The van der Waals surface area contributed by atoms with Gasteiger partial charge in [0.15, 0.2) is 5.82 Å². The Labute approximate surface area is 158 Å². The van der Waals surface area contributed by atoms with Gasteiger partial charge in [-0.25, -0.2) is 4.79 Å². The van der Waals surface area contributed by atoms with E-state index in [1.807, 2.05) is 24.3 Å². The van der Waals surface area contributed by atoms with E-state index in [0.29, 0.717) is 25.8 Å². The van der Waals surface area contributed by atoms with Crippen molar-refractivity contribution in [1.29, 1.82) is 0 Å². The Morgan fingerprint density at radius 3 is 2.89 bits per heavy atom. The van der Waals surface area contributed by atoms with E-state index >= 15 is 0 Å². The van der Waals surface area contributed by atoms with Crippen LogP contribution in [0, 0.1) is 0 Å². The van der Waals surface area contributed by atoms with E-state index in [-0.39, 0.29) is 5.91 Å². The Kier molecular flexibility index (Phi) is 6.40. The van der Waals surface area contributed by atoms with Crippen molar-refractivity contribution in [2.24, 2.45) is 5.73 Å². The Morgan fingerprint density at radius 1 is 1.15 bits per heavy atom. The number of aromatic nitrogens is 3. The number of carbonyl (C=O) groups is 2. The number of primary amides is 1. The molecule has 0 fully saturated rings. The fourth-order valence-corrected chi connectivity index (χ4v) is 3.28. The van der Waals surface area contributed by atoms with Crippen molar-refractivity contribution in [3.63, 3.8) is 0 Å². The normalized spacial score (nSPS) is 13.5. The molecule has 0 atom stereocenters. The molecule has 2 heterocycles. The van der Waals surface area contributed by atoms with Gasteiger partial charge in [-0.2, -0.15) is 0 Å². The molecule has 0 unspecified atom stereocenters. The van der Waals surface area contributed by atoms with Crippen LogP contribution in [-0.2, 0) is 17.8 Å². The molecule has 27 heavy (non-hydrogen) atoms. The van der Waals surface area contributed by atoms with E-state index in [2.05, 4.69) is 25.4 Å². The zero-order valence-corrected chi connectivity index (χ0v) is 15.4. The summed E-state index contributed by atoms with van der Waals surface area (Å²) in [5.41, 5.74) is 6.71. The number of unbranched alkanes of at least 4 members (excludes halogenated alkanes) is 1. The van der Waals surface area contributed by atoms with Gasteiger partial charge in [-0.1, -0.05) is 18.6 Å². The number of urea groups is 1. The summed E-state index contributed by atoms with van der Waals surface area (Å²) in [5, 5.41) is 14.2. The summed E-state index contributed by atoms with van der Waals surface area (Å²) >= 11 is 0. The molecule has 1 aromatic heterocycles. The van der Waals surface area contributed by atoms with Crippen molar-refractivity contribution in [3.8, 4) is 11.4 Å². The van der Waals surface area contributed by atoms with E-state index < -0.39 is 6.03 Å². The van der Waals surface area contributed by atoms with E-state index in [9.17, 15) is 9.59 Å². The lowest BCUT2D eigenvalue weighted by Gasteiger charge is -2.09. The quantitative estimate of drug-likeness (QED) is 0.649. The summed E-state index contributed by atoms with van der Waals surface area (Å²) in [7, 11) is 0. The molecule has 3 amide bonds. The van der Waals surface area contributed by atoms with Gasteiger partial charge in [0.1, 0.15) is 5.82 Å². The molecule has 2 aromatic rings. The van der Waals surface area contributed by atoms with E-state index in [4.69, 9.17) is 5.73 Å². The molecule has 0 saturated heterocycles. The van der Waals surface area contributed by atoms with Gasteiger partial charge < -0.3 is 20.9 Å². The number of hydrogen-bond donors (Lipinski definition) is 3. The van der Waals surface area contributed by atoms with Crippen LogP contribution in [0.4, 0.5) is 10.5 Å². The van der Waals surface area contributed by atoms with Crippen LogP contribution in [0.15, 0.2) is 24.3 Å². The van der Waals surface area contributed by atoms with Crippen molar-refractivity contribution >= 4 is 17.6 Å². The molecule has 144 valence electrons. The van der Waals surface area contributed by atoms with Crippen LogP contribution >= 0.6 is 0 Å².